The number of nitrogens with one attached hydrogen (secondary N) is 2. The van der Waals surface area contributed by atoms with Crippen LogP contribution in [0.3, 0.4) is 0 Å². The van der Waals surface area contributed by atoms with E-state index < -0.39 is 23.7 Å². The molecule has 2 N–H and O–H groups in total. The van der Waals surface area contributed by atoms with Crippen molar-refractivity contribution in [2.75, 3.05) is 11.9 Å². The third-order valence-corrected chi connectivity index (χ3v) is 3.95. The molecule has 134 valence electrons. The summed E-state index contributed by atoms with van der Waals surface area (Å²) in [5.74, 6) is -0.291. The topological polar surface area (TPSA) is 71.8 Å². The molecule has 0 spiro atoms. The van der Waals surface area contributed by atoms with Crippen molar-refractivity contribution in [3.8, 4) is 0 Å². The number of alkyl halides is 3. The number of imidazole rings is 1. The Hall–Kier alpha value is -2.65. The van der Waals surface area contributed by atoms with E-state index in [9.17, 15) is 22.4 Å². The predicted octanol–water partition coefficient (Wildman–Crippen LogP) is 2.82. The van der Waals surface area contributed by atoms with E-state index in [1.165, 1.54) is 16.8 Å². The van der Waals surface area contributed by atoms with Crippen LogP contribution in [0.1, 0.15) is 17.9 Å². The molecule has 1 atom stereocenters. The lowest BCUT2D eigenvalue weighted by molar-refractivity contribution is -0.141. The molecule has 10 heteroatoms. The van der Waals surface area contributed by atoms with E-state index in [0.717, 1.165) is 12.4 Å². The Morgan fingerprint density at radius 1 is 1.40 bits per heavy atom. The van der Waals surface area contributed by atoms with Crippen LogP contribution in [0, 0.1) is 11.7 Å². The number of hydrogen-bond acceptors (Lipinski definition) is 3. The predicted molar refractivity (Wildman–Crippen MR) is 80.3 cm³/mol. The first-order chi connectivity index (χ1) is 11.8. The van der Waals surface area contributed by atoms with Gasteiger partial charge in [0.1, 0.15) is 5.82 Å². The minimum absolute atomic E-state index is 0.00265. The van der Waals surface area contributed by atoms with E-state index in [2.05, 4.69) is 20.6 Å². The standard InChI is InChI=1S/C15H15F4N5O/c16-10-6-20-4-3-11(10)22-14(25)21-5-9-1-2-13-23-12(15(17,18)19)8-24(13)7-9/h3-4,6,8-9H,1-2,5,7H2,(H2,20,21,22,25). The van der Waals surface area contributed by atoms with E-state index in [-0.39, 0.29) is 18.2 Å². The smallest absolute Gasteiger partial charge is 0.338 e. The summed E-state index contributed by atoms with van der Waals surface area (Å²) in [6.07, 6.45) is -0.129. The van der Waals surface area contributed by atoms with Gasteiger partial charge in [0.05, 0.1) is 11.9 Å². The molecule has 0 saturated heterocycles. The molecule has 2 aromatic rings. The molecule has 0 bridgehead atoms. The minimum atomic E-state index is -4.47. The zero-order chi connectivity index (χ0) is 18.0. The number of anilines is 1. The number of pyridine rings is 1. The van der Waals surface area contributed by atoms with Crippen LogP contribution in [0.25, 0.3) is 0 Å². The number of aromatic nitrogens is 3. The second kappa shape index (κ2) is 6.69. The highest BCUT2D eigenvalue weighted by Crippen LogP contribution is 2.30. The Balaban J connectivity index is 1.54. The summed E-state index contributed by atoms with van der Waals surface area (Å²) in [5, 5.41) is 4.96. The number of aryl methyl sites for hydroxylation is 1. The van der Waals surface area contributed by atoms with Crippen molar-refractivity contribution in [1.82, 2.24) is 19.9 Å². The van der Waals surface area contributed by atoms with Crippen LogP contribution in [-0.2, 0) is 19.1 Å². The molecule has 2 amide bonds. The number of urea groups is 1. The monoisotopic (exact) mass is 357 g/mol. The van der Waals surface area contributed by atoms with Crippen molar-refractivity contribution < 1.29 is 22.4 Å². The maximum atomic E-state index is 13.4. The molecule has 6 nitrogen and oxygen atoms in total. The second-order valence-corrected chi connectivity index (χ2v) is 5.79. The molecule has 3 rings (SSSR count). The molecule has 1 unspecified atom stereocenters. The summed E-state index contributed by atoms with van der Waals surface area (Å²) in [6, 6.07) is 0.740. The van der Waals surface area contributed by atoms with Gasteiger partial charge in [-0.3, -0.25) is 4.98 Å². The van der Waals surface area contributed by atoms with E-state index in [4.69, 9.17) is 0 Å². The highest BCUT2D eigenvalue weighted by molar-refractivity contribution is 5.89. The maximum absolute atomic E-state index is 13.4. The Morgan fingerprint density at radius 3 is 2.92 bits per heavy atom. The molecular formula is C15H15F4N5O. The number of amides is 2. The summed E-state index contributed by atoms with van der Waals surface area (Å²) >= 11 is 0. The van der Waals surface area contributed by atoms with Crippen LogP contribution in [0.15, 0.2) is 24.7 Å². The summed E-state index contributed by atoms with van der Waals surface area (Å²) in [4.78, 5) is 19.0. The van der Waals surface area contributed by atoms with Gasteiger partial charge in [0.15, 0.2) is 11.5 Å². The van der Waals surface area contributed by atoms with Crippen LogP contribution in [0.5, 0.6) is 0 Å². The molecule has 0 saturated carbocycles. The number of halogens is 4. The van der Waals surface area contributed by atoms with Crippen LogP contribution in [0.2, 0.25) is 0 Å². The number of rotatable bonds is 3. The molecule has 3 heterocycles. The summed E-state index contributed by atoms with van der Waals surface area (Å²) in [7, 11) is 0. The average molecular weight is 357 g/mol. The van der Waals surface area contributed by atoms with Crippen molar-refractivity contribution >= 4 is 11.7 Å². The van der Waals surface area contributed by atoms with Crippen molar-refractivity contribution in [2.24, 2.45) is 5.92 Å². The number of fused-ring (bicyclic) bond motifs is 1. The van der Waals surface area contributed by atoms with Gasteiger partial charge in [0, 0.05) is 31.9 Å². The van der Waals surface area contributed by atoms with Gasteiger partial charge in [-0.25, -0.2) is 14.2 Å². The van der Waals surface area contributed by atoms with Gasteiger partial charge >= 0.3 is 12.2 Å². The van der Waals surface area contributed by atoms with Gasteiger partial charge in [-0.05, 0) is 18.4 Å². The summed E-state index contributed by atoms with van der Waals surface area (Å²) in [5.41, 5.74) is -0.898. The number of nitrogens with zero attached hydrogens (tertiary/aromatic N) is 3. The van der Waals surface area contributed by atoms with Crippen molar-refractivity contribution in [2.45, 2.75) is 25.6 Å². The van der Waals surface area contributed by atoms with Crippen LogP contribution < -0.4 is 10.6 Å². The first kappa shape index (κ1) is 17.2. The van der Waals surface area contributed by atoms with E-state index in [1.807, 2.05) is 0 Å². The Labute approximate surface area is 140 Å². The fourth-order valence-corrected chi connectivity index (χ4v) is 2.70. The molecule has 25 heavy (non-hydrogen) atoms. The van der Waals surface area contributed by atoms with Gasteiger partial charge in [0.2, 0.25) is 0 Å². The molecule has 0 aliphatic carbocycles. The van der Waals surface area contributed by atoms with Crippen molar-refractivity contribution in [3.05, 3.63) is 42.0 Å². The molecule has 0 radical (unpaired) electrons. The zero-order valence-electron chi connectivity index (χ0n) is 13.0. The fraction of sp³-hybridized carbons (Fsp3) is 0.400. The molecule has 2 aromatic heterocycles. The quantitative estimate of drug-likeness (QED) is 0.830. The van der Waals surface area contributed by atoms with E-state index >= 15 is 0 Å². The van der Waals surface area contributed by atoms with E-state index in [1.54, 1.807) is 0 Å². The lowest BCUT2D eigenvalue weighted by Crippen LogP contribution is -2.36. The normalized spacial score (nSPS) is 17.0. The third kappa shape index (κ3) is 4.06. The van der Waals surface area contributed by atoms with Crippen LogP contribution in [0.4, 0.5) is 28.0 Å². The van der Waals surface area contributed by atoms with Crippen LogP contribution >= 0.6 is 0 Å². The van der Waals surface area contributed by atoms with Crippen molar-refractivity contribution in [1.29, 1.82) is 0 Å². The highest BCUT2D eigenvalue weighted by Gasteiger charge is 2.35. The Bertz CT molecular complexity index is 774. The largest absolute Gasteiger partial charge is 0.434 e. The minimum Gasteiger partial charge on any atom is -0.338 e. The van der Waals surface area contributed by atoms with Gasteiger partial charge in [-0.2, -0.15) is 13.2 Å². The van der Waals surface area contributed by atoms with Crippen molar-refractivity contribution in [3.63, 3.8) is 0 Å². The maximum Gasteiger partial charge on any atom is 0.434 e. The lowest BCUT2D eigenvalue weighted by atomic mass is 9.99. The van der Waals surface area contributed by atoms with Gasteiger partial charge in [0.25, 0.3) is 0 Å². The van der Waals surface area contributed by atoms with E-state index in [0.29, 0.717) is 25.2 Å². The SMILES string of the molecule is O=C(NCC1CCc2nc(C(F)(F)F)cn2C1)Nc1ccncc1F. The Kier molecular flexibility index (Phi) is 4.60. The van der Waals surface area contributed by atoms with Gasteiger partial charge < -0.3 is 15.2 Å². The van der Waals surface area contributed by atoms with Gasteiger partial charge in [-0.15, -0.1) is 0 Å². The molecule has 1 aliphatic heterocycles. The summed E-state index contributed by atoms with van der Waals surface area (Å²) in [6.45, 7) is 0.597. The zero-order valence-corrected chi connectivity index (χ0v) is 13.0. The molecule has 1 aliphatic rings. The second-order valence-electron chi connectivity index (χ2n) is 5.79. The van der Waals surface area contributed by atoms with Gasteiger partial charge in [-0.1, -0.05) is 0 Å². The summed E-state index contributed by atoms with van der Waals surface area (Å²) < 4.78 is 52.9. The fourth-order valence-electron chi connectivity index (χ4n) is 2.70. The number of carbonyl (C=O) groups excluding carboxylic acids is 1. The average Bonchev–Trinajstić information content (AvgIpc) is 2.99. The molecule has 0 fully saturated rings. The lowest BCUT2D eigenvalue weighted by Gasteiger charge is -2.23. The Morgan fingerprint density at radius 2 is 2.20 bits per heavy atom. The number of carbonyl (C=O) groups is 1. The number of hydrogen-bond donors (Lipinski definition) is 2. The first-order valence-corrected chi connectivity index (χ1v) is 7.60. The third-order valence-electron chi connectivity index (χ3n) is 3.95. The molecular weight excluding hydrogens is 342 g/mol. The first-order valence-electron chi connectivity index (χ1n) is 7.60. The highest BCUT2D eigenvalue weighted by atomic mass is 19.4. The van der Waals surface area contributed by atoms with Crippen LogP contribution in [-0.4, -0.2) is 27.1 Å². The molecule has 0 aromatic carbocycles.